The molecule has 0 aromatic carbocycles. The Morgan fingerprint density at radius 2 is 1.42 bits per heavy atom. The summed E-state index contributed by atoms with van der Waals surface area (Å²) in [6, 6.07) is 0. The van der Waals surface area contributed by atoms with E-state index in [4.69, 9.17) is 0 Å². The molecule has 0 radical (unpaired) electrons. The van der Waals surface area contributed by atoms with Crippen LogP contribution in [0.5, 0.6) is 0 Å². The summed E-state index contributed by atoms with van der Waals surface area (Å²) in [5.74, 6) is 7.57. The van der Waals surface area contributed by atoms with E-state index >= 15 is 0 Å². The minimum Gasteiger partial charge on any atom is -0.179 e. The molecule has 0 spiro atoms. The van der Waals surface area contributed by atoms with E-state index in [2.05, 4.69) is 69.2 Å². The third kappa shape index (κ3) is 13.8. The highest BCUT2D eigenvalue weighted by Crippen LogP contribution is 2.26. The third-order valence-electron chi connectivity index (χ3n) is 2.32. The number of rotatable bonds is 13. The molecule has 0 rings (SSSR count). The SMILES string of the molecule is CC(S)CCSCC(CS)SC(CS)CSCCS. The van der Waals surface area contributed by atoms with Crippen LogP contribution in [-0.2, 0) is 0 Å². The molecule has 0 aromatic heterocycles. The van der Waals surface area contributed by atoms with E-state index < -0.39 is 0 Å². The lowest BCUT2D eigenvalue weighted by atomic mass is 10.4. The second-order valence-electron chi connectivity index (χ2n) is 4.26. The van der Waals surface area contributed by atoms with Crippen LogP contribution >= 0.6 is 85.8 Å². The maximum Gasteiger partial charge on any atom is 0.0229 e. The zero-order valence-electron chi connectivity index (χ0n) is 11.4. The van der Waals surface area contributed by atoms with Gasteiger partial charge < -0.3 is 0 Å². The predicted molar refractivity (Wildman–Crippen MR) is 114 cm³/mol. The largest absolute Gasteiger partial charge is 0.179 e. The molecule has 0 saturated heterocycles. The molecule has 0 amide bonds. The first kappa shape index (κ1) is 21.4. The minimum absolute atomic E-state index is 0.512. The van der Waals surface area contributed by atoms with Gasteiger partial charge in [0.15, 0.2) is 0 Å². The maximum absolute atomic E-state index is 4.49. The molecule has 0 aliphatic rings. The van der Waals surface area contributed by atoms with Gasteiger partial charge >= 0.3 is 0 Å². The maximum atomic E-state index is 4.49. The summed E-state index contributed by atoms with van der Waals surface area (Å²) >= 11 is 23.7. The van der Waals surface area contributed by atoms with Crippen molar-refractivity contribution in [1.82, 2.24) is 0 Å². The average Bonchev–Trinajstić information content (AvgIpc) is 2.40. The second-order valence-corrected chi connectivity index (χ2v) is 10.2. The van der Waals surface area contributed by atoms with Crippen LogP contribution in [0.1, 0.15) is 13.3 Å². The molecule has 0 aromatic rings. The molecule has 0 heterocycles. The molecule has 0 nitrogen and oxygen atoms in total. The average molecular weight is 395 g/mol. The van der Waals surface area contributed by atoms with Crippen molar-refractivity contribution in [2.24, 2.45) is 0 Å². The summed E-state index contributed by atoms with van der Waals surface area (Å²) in [5, 5.41) is 1.78. The fourth-order valence-electron chi connectivity index (χ4n) is 1.29. The zero-order chi connectivity index (χ0) is 14.5. The van der Waals surface area contributed by atoms with Gasteiger partial charge in [0.25, 0.3) is 0 Å². The Hall–Kier alpha value is 2.45. The van der Waals surface area contributed by atoms with E-state index in [0.717, 1.165) is 23.0 Å². The van der Waals surface area contributed by atoms with Crippen LogP contribution in [0.3, 0.4) is 0 Å². The van der Waals surface area contributed by atoms with Crippen LogP contribution in [0.4, 0.5) is 0 Å². The van der Waals surface area contributed by atoms with Crippen LogP contribution in [0.2, 0.25) is 0 Å². The number of thioether (sulfide) groups is 3. The molecule has 0 aliphatic carbocycles. The smallest absolute Gasteiger partial charge is 0.0229 e. The number of thiol groups is 4. The van der Waals surface area contributed by atoms with Crippen LogP contribution in [0.25, 0.3) is 0 Å². The molecule has 0 saturated carbocycles. The summed E-state index contributed by atoms with van der Waals surface area (Å²) in [5.41, 5.74) is 0. The Labute approximate surface area is 154 Å². The quantitative estimate of drug-likeness (QED) is 0.270. The van der Waals surface area contributed by atoms with Gasteiger partial charge in [-0.15, -0.1) is 0 Å². The molecule has 7 heteroatoms. The van der Waals surface area contributed by atoms with Gasteiger partial charge in [-0.3, -0.25) is 0 Å². The van der Waals surface area contributed by atoms with Crippen LogP contribution < -0.4 is 0 Å². The van der Waals surface area contributed by atoms with Gasteiger partial charge in [-0.1, -0.05) is 6.92 Å². The third-order valence-corrected chi connectivity index (χ3v) is 8.63. The molecular weight excluding hydrogens is 369 g/mol. The van der Waals surface area contributed by atoms with Crippen LogP contribution in [-0.4, -0.2) is 56.0 Å². The van der Waals surface area contributed by atoms with E-state index in [1.165, 1.54) is 23.7 Å². The Morgan fingerprint density at radius 3 is 1.84 bits per heavy atom. The zero-order valence-corrected chi connectivity index (χ0v) is 17.4. The molecular formula is C12H26S7. The molecule has 116 valence electrons. The highest BCUT2D eigenvalue weighted by Gasteiger charge is 2.15. The van der Waals surface area contributed by atoms with Crippen molar-refractivity contribution >= 4 is 85.8 Å². The minimum atomic E-state index is 0.512. The van der Waals surface area contributed by atoms with Crippen LogP contribution in [0, 0.1) is 0 Å². The molecule has 0 N–H and O–H groups in total. The lowest BCUT2D eigenvalue weighted by molar-refractivity contribution is 0.923. The summed E-state index contributed by atoms with van der Waals surface area (Å²) in [6.45, 7) is 2.16. The normalized spacial score (nSPS) is 16.3. The van der Waals surface area contributed by atoms with Crippen molar-refractivity contribution in [1.29, 1.82) is 0 Å². The van der Waals surface area contributed by atoms with Gasteiger partial charge in [-0.25, -0.2) is 0 Å². The summed E-state index contributed by atoms with van der Waals surface area (Å²) in [6.07, 6.45) is 1.19. The number of hydrogen-bond donors (Lipinski definition) is 4. The number of hydrogen-bond acceptors (Lipinski definition) is 7. The fourth-order valence-corrected chi connectivity index (χ4v) is 6.77. The lowest BCUT2D eigenvalue weighted by Crippen LogP contribution is -2.19. The van der Waals surface area contributed by atoms with Gasteiger partial charge in [0, 0.05) is 39.3 Å². The van der Waals surface area contributed by atoms with E-state index in [-0.39, 0.29) is 0 Å². The standard InChI is InChI=1S/C12H26S7/c1-10(16)2-4-17-8-11(6-14)19-12(7-15)9-18-5-3-13/h10-16H,2-9H2,1H3. The first-order valence-electron chi connectivity index (χ1n) is 6.45. The lowest BCUT2D eigenvalue weighted by Gasteiger charge is -2.20. The summed E-state index contributed by atoms with van der Waals surface area (Å²) in [4.78, 5) is 0. The monoisotopic (exact) mass is 394 g/mol. The second kappa shape index (κ2) is 15.3. The summed E-state index contributed by atoms with van der Waals surface area (Å²) < 4.78 is 0. The molecule has 19 heavy (non-hydrogen) atoms. The highest BCUT2D eigenvalue weighted by atomic mass is 32.2. The van der Waals surface area contributed by atoms with E-state index in [1.54, 1.807) is 0 Å². The molecule has 0 aliphatic heterocycles. The van der Waals surface area contributed by atoms with E-state index in [9.17, 15) is 0 Å². The Bertz CT molecular complexity index is 189. The molecule has 3 unspecified atom stereocenters. The summed E-state index contributed by atoms with van der Waals surface area (Å²) in [7, 11) is 0. The van der Waals surface area contributed by atoms with Crippen LogP contribution in [0.15, 0.2) is 0 Å². The topological polar surface area (TPSA) is 0 Å². The van der Waals surface area contributed by atoms with Gasteiger partial charge in [0.2, 0.25) is 0 Å². The van der Waals surface area contributed by atoms with Crippen molar-refractivity contribution < 1.29 is 0 Å². The first-order valence-corrected chi connectivity index (χ1v) is 12.1. The van der Waals surface area contributed by atoms with Gasteiger partial charge in [0.1, 0.15) is 0 Å². The van der Waals surface area contributed by atoms with Crippen molar-refractivity contribution in [3.05, 3.63) is 0 Å². The Balaban J connectivity index is 3.80. The highest BCUT2D eigenvalue weighted by molar-refractivity contribution is 8.06. The van der Waals surface area contributed by atoms with Gasteiger partial charge in [-0.2, -0.15) is 85.8 Å². The Kier molecular flexibility index (Phi) is 17.3. The van der Waals surface area contributed by atoms with Gasteiger partial charge in [-0.05, 0) is 23.2 Å². The van der Waals surface area contributed by atoms with Crippen molar-refractivity contribution in [2.75, 3.05) is 40.3 Å². The predicted octanol–water partition coefficient (Wildman–Crippen LogP) is 4.42. The van der Waals surface area contributed by atoms with E-state index in [0.29, 0.717) is 15.7 Å². The fraction of sp³-hybridized carbons (Fsp3) is 1.00. The molecule has 0 bridgehead atoms. The van der Waals surface area contributed by atoms with Crippen molar-refractivity contribution in [3.63, 3.8) is 0 Å². The molecule has 0 fully saturated rings. The molecule has 3 atom stereocenters. The first-order chi connectivity index (χ1) is 9.13. The van der Waals surface area contributed by atoms with E-state index in [1.807, 2.05) is 23.5 Å². The van der Waals surface area contributed by atoms with Crippen molar-refractivity contribution in [2.45, 2.75) is 29.1 Å². The van der Waals surface area contributed by atoms with Gasteiger partial charge in [0.05, 0.1) is 0 Å². The van der Waals surface area contributed by atoms with Crippen molar-refractivity contribution in [3.8, 4) is 0 Å². The Morgan fingerprint density at radius 1 is 0.895 bits per heavy atom.